The Morgan fingerprint density at radius 1 is 0.511 bits per heavy atom. The molecule has 0 saturated heterocycles. The Hall–Kier alpha value is -6.00. The second-order valence-electron chi connectivity index (χ2n) is 11.9. The van der Waals surface area contributed by atoms with E-state index < -0.39 is 0 Å². The Morgan fingerprint density at radius 3 is 1.98 bits per heavy atom. The van der Waals surface area contributed by atoms with Gasteiger partial charge in [0, 0.05) is 33.9 Å². The highest BCUT2D eigenvalue weighted by atomic mass is 16.4. The van der Waals surface area contributed by atoms with Crippen molar-refractivity contribution in [2.75, 3.05) is 0 Å². The highest BCUT2D eigenvalue weighted by Crippen LogP contribution is 2.40. The highest BCUT2D eigenvalue weighted by molar-refractivity contribution is 6.19. The van der Waals surface area contributed by atoms with Crippen molar-refractivity contribution < 1.29 is 8.83 Å². The van der Waals surface area contributed by atoms with Crippen LogP contribution in [-0.4, -0.2) is 11.1 Å². The van der Waals surface area contributed by atoms with Crippen molar-refractivity contribution in [3.8, 4) is 22.3 Å². The number of rotatable bonds is 3. The third kappa shape index (κ3) is 3.79. The lowest BCUT2D eigenvalue weighted by Crippen LogP contribution is -2.31. The molecule has 212 valence electrons. The topological polar surface area (TPSA) is 41.6 Å². The molecule has 0 radical (unpaired) electrons. The lowest BCUT2D eigenvalue weighted by Gasteiger charge is -2.20. The average molecular weight is 579 g/mol. The molecule has 0 fully saturated rings. The van der Waals surface area contributed by atoms with Crippen molar-refractivity contribution in [2.24, 2.45) is 0 Å². The predicted octanol–water partition coefficient (Wildman–Crippen LogP) is 10.6. The number of hydrogen-bond donors (Lipinski definition) is 1. The smallest absolute Gasteiger partial charge is 0.178 e. The first-order valence-corrected chi connectivity index (χ1v) is 15.3. The van der Waals surface area contributed by atoms with Gasteiger partial charge in [-0.3, -0.25) is 0 Å². The fraction of sp³-hybridized carbons (Fsp3) is 0.0244. The van der Waals surface area contributed by atoms with Crippen LogP contribution in [0.5, 0.6) is 0 Å². The summed E-state index contributed by atoms with van der Waals surface area (Å²) in [6.07, 6.45) is 10.8. The van der Waals surface area contributed by atoms with Crippen LogP contribution < -0.4 is 5.32 Å². The summed E-state index contributed by atoms with van der Waals surface area (Å²) in [6.45, 7) is 0. The van der Waals surface area contributed by atoms with Crippen molar-refractivity contribution in [1.82, 2.24) is 10.2 Å². The van der Waals surface area contributed by atoms with Gasteiger partial charge in [-0.1, -0.05) is 72.8 Å². The second kappa shape index (κ2) is 9.25. The van der Waals surface area contributed by atoms with E-state index in [1.807, 2.05) is 18.2 Å². The first-order chi connectivity index (χ1) is 22.2. The zero-order chi connectivity index (χ0) is 29.5. The van der Waals surface area contributed by atoms with E-state index in [2.05, 4.69) is 138 Å². The molecule has 0 bridgehead atoms. The van der Waals surface area contributed by atoms with Crippen molar-refractivity contribution >= 4 is 60.3 Å². The van der Waals surface area contributed by atoms with Gasteiger partial charge in [0.1, 0.15) is 17.3 Å². The van der Waals surface area contributed by atoms with Gasteiger partial charge in [0.2, 0.25) is 0 Å². The minimum atomic E-state index is 0.184. The standard InChI is InChI=1S/C41H26N2O2/c1-2-9-37-32(8-1)33-16-17-34-35-23-30(15-18-38(35)45-41(34)40(33)44-37)29-14-13-27-20-26(11-12-28(27)21-29)25-6-5-7-31(22-25)36-24-43-19-4-3-10-39(43)42-36/h1-24,39,42H. The van der Waals surface area contributed by atoms with Gasteiger partial charge in [0.15, 0.2) is 11.2 Å². The van der Waals surface area contributed by atoms with Gasteiger partial charge < -0.3 is 19.1 Å². The summed E-state index contributed by atoms with van der Waals surface area (Å²) in [5, 5.41) is 10.4. The Balaban J connectivity index is 1.000. The number of nitrogens with one attached hydrogen (secondary N) is 1. The van der Waals surface area contributed by atoms with Crippen LogP contribution in [0, 0.1) is 0 Å². The number of para-hydroxylation sites is 1. The average Bonchev–Trinajstić information content (AvgIpc) is 3.81. The molecule has 0 spiro atoms. The molecule has 1 unspecified atom stereocenters. The maximum Gasteiger partial charge on any atom is 0.178 e. The molecule has 6 aromatic carbocycles. The number of fused-ring (bicyclic) bond motifs is 9. The molecule has 4 heteroatoms. The molecule has 4 nitrogen and oxygen atoms in total. The summed E-state index contributed by atoms with van der Waals surface area (Å²) >= 11 is 0. The van der Waals surface area contributed by atoms with E-state index in [4.69, 9.17) is 8.83 Å². The van der Waals surface area contributed by atoms with Crippen LogP contribution in [0.25, 0.3) is 82.6 Å². The summed E-state index contributed by atoms with van der Waals surface area (Å²) in [5.74, 6) is 0. The van der Waals surface area contributed by atoms with E-state index in [0.29, 0.717) is 0 Å². The van der Waals surface area contributed by atoms with Gasteiger partial charge in [-0.2, -0.15) is 0 Å². The first-order valence-electron chi connectivity index (χ1n) is 15.3. The molecule has 0 aliphatic carbocycles. The molecule has 2 aliphatic rings. The van der Waals surface area contributed by atoms with Crippen LogP contribution in [0.3, 0.4) is 0 Å². The molecule has 0 saturated carbocycles. The van der Waals surface area contributed by atoms with Crippen LogP contribution in [0.2, 0.25) is 0 Å². The van der Waals surface area contributed by atoms with Crippen molar-refractivity contribution in [1.29, 1.82) is 0 Å². The van der Waals surface area contributed by atoms with Gasteiger partial charge in [-0.25, -0.2) is 0 Å². The molecule has 4 heterocycles. The van der Waals surface area contributed by atoms with Gasteiger partial charge in [-0.05, 0) is 99.3 Å². The molecule has 45 heavy (non-hydrogen) atoms. The normalized spacial score (nSPS) is 15.9. The maximum atomic E-state index is 6.37. The fourth-order valence-corrected chi connectivity index (χ4v) is 6.93. The number of allylic oxidation sites excluding steroid dienone is 2. The van der Waals surface area contributed by atoms with Gasteiger partial charge >= 0.3 is 0 Å². The van der Waals surface area contributed by atoms with E-state index in [1.54, 1.807) is 0 Å². The van der Waals surface area contributed by atoms with Crippen molar-refractivity contribution in [3.63, 3.8) is 0 Å². The third-order valence-electron chi connectivity index (χ3n) is 9.23. The number of nitrogens with zero attached hydrogens (tertiary/aromatic N) is 1. The monoisotopic (exact) mass is 578 g/mol. The summed E-state index contributed by atoms with van der Waals surface area (Å²) in [7, 11) is 0. The lowest BCUT2D eigenvalue weighted by atomic mass is 9.96. The highest BCUT2D eigenvalue weighted by Gasteiger charge is 2.22. The Labute approximate surface area is 258 Å². The molecular weight excluding hydrogens is 552 g/mol. The number of hydrogen-bond acceptors (Lipinski definition) is 4. The van der Waals surface area contributed by atoms with Crippen LogP contribution in [0.1, 0.15) is 5.56 Å². The number of furan rings is 2. The van der Waals surface area contributed by atoms with E-state index in [0.717, 1.165) is 55.1 Å². The molecule has 1 atom stereocenters. The Kier molecular flexibility index (Phi) is 5.02. The molecule has 1 N–H and O–H groups in total. The third-order valence-corrected chi connectivity index (χ3v) is 9.23. The molecular formula is C41H26N2O2. The zero-order valence-corrected chi connectivity index (χ0v) is 24.2. The van der Waals surface area contributed by atoms with Crippen LogP contribution in [0.15, 0.2) is 155 Å². The Bertz CT molecular complexity index is 2600. The van der Waals surface area contributed by atoms with E-state index in [1.165, 1.54) is 33.0 Å². The summed E-state index contributed by atoms with van der Waals surface area (Å²) in [5.41, 5.74) is 10.4. The predicted molar refractivity (Wildman–Crippen MR) is 184 cm³/mol. The minimum absolute atomic E-state index is 0.184. The zero-order valence-electron chi connectivity index (χ0n) is 24.2. The first kappa shape index (κ1) is 24.4. The largest absolute Gasteiger partial charge is 0.452 e. The fourth-order valence-electron chi connectivity index (χ4n) is 6.93. The lowest BCUT2D eigenvalue weighted by molar-refractivity contribution is 0.427. The molecule has 0 amide bonds. The van der Waals surface area contributed by atoms with Crippen LogP contribution in [-0.2, 0) is 0 Å². The number of benzene rings is 6. The summed E-state index contributed by atoms with van der Waals surface area (Å²) in [4.78, 5) is 2.20. The molecule has 10 rings (SSSR count). The van der Waals surface area contributed by atoms with E-state index in [-0.39, 0.29) is 6.17 Å². The summed E-state index contributed by atoms with van der Waals surface area (Å²) in [6, 6.07) is 41.1. The SMILES string of the molecule is C1=CC2NC(c3cccc(-c4ccc5cc(-c6ccc7oc8c(ccc9c%10ccccc%10oc98)c7c6)ccc5c4)c3)=CN2C=C1. The van der Waals surface area contributed by atoms with E-state index >= 15 is 0 Å². The molecule has 8 aromatic rings. The van der Waals surface area contributed by atoms with Crippen molar-refractivity contribution in [3.05, 3.63) is 151 Å². The minimum Gasteiger partial charge on any atom is -0.452 e. The van der Waals surface area contributed by atoms with Crippen molar-refractivity contribution in [2.45, 2.75) is 6.17 Å². The van der Waals surface area contributed by atoms with Gasteiger partial charge in [0.05, 0.1) is 5.70 Å². The molecule has 2 aromatic heterocycles. The Morgan fingerprint density at radius 2 is 1.18 bits per heavy atom. The maximum absolute atomic E-state index is 6.37. The quantitative estimate of drug-likeness (QED) is 0.226. The van der Waals surface area contributed by atoms with E-state index in [9.17, 15) is 0 Å². The van der Waals surface area contributed by atoms with Gasteiger partial charge in [-0.15, -0.1) is 0 Å². The second-order valence-corrected chi connectivity index (χ2v) is 11.9. The van der Waals surface area contributed by atoms with Gasteiger partial charge in [0.25, 0.3) is 0 Å². The summed E-state index contributed by atoms with van der Waals surface area (Å²) < 4.78 is 12.6. The van der Waals surface area contributed by atoms with Crippen LogP contribution in [0.4, 0.5) is 0 Å². The molecule has 2 aliphatic heterocycles. The van der Waals surface area contributed by atoms with Crippen LogP contribution >= 0.6 is 0 Å².